The van der Waals surface area contributed by atoms with Crippen molar-refractivity contribution in [2.24, 2.45) is 0 Å². The van der Waals surface area contributed by atoms with Gasteiger partial charge in [0.05, 0.1) is 25.3 Å². The molecule has 1 heterocycles. The number of amides is 3. The average molecular weight is 401 g/mol. The predicted molar refractivity (Wildman–Crippen MR) is 101 cm³/mol. The van der Waals surface area contributed by atoms with Crippen LogP contribution in [0.15, 0.2) is 18.2 Å². The smallest absolute Gasteiger partial charge is 0.315 e. The summed E-state index contributed by atoms with van der Waals surface area (Å²) in [5, 5.41) is 8.09. The second-order valence-electron chi connectivity index (χ2n) is 6.34. The molecule has 3 amide bonds. The van der Waals surface area contributed by atoms with Crippen molar-refractivity contribution in [3.05, 3.63) is 34.6 Å². The van der Waals surface area contributed by atoms with Crippen LogP contribution in [0.3, 0.4) is 0 Å². The normalized spacial score (nSPS) is 18.6. The summed E-state index contributed by atoms with van der Waals surface area (Å²) >= 11 is 6.25. The van der Waals surface area contributed by atoms with Gasteiger partial charge in [-0.2, -0.15) is 0 Å². The molecule has 2 atom stereocenters. The Bertz CT molecular complexity index is 641. The van der Waals surface area contributed by atoms with Gasteiger partial charge in [-0.05, 0) is 26.0 Å². The number of hydrogen-bond acceptors (Lipinski definition) is 4. The summed E-state index contributed by atoms with van der Waals surface area (Å²) in [6.45, 7) is 5.97. The second kappa shape index (κ2) is 10.4. The van der Waals surface area contributed by atoms with E-state index in [9.17, 15) is 14.0 Å². The minimum atomic E-state index is -0.500. The molecule has 0 spiro atoms. The number of nitrogens with one attached hydrogen (secondary N) is 3. The molecule has 1 aromatic rings. The van der Waals surface area contributed by atoms with Gasteiger partial charge < -0.3 is 20.7 Å². The van der Waals surface area contributed by atoms with Gasteiger partial charge in [0.2, 0.25) is 5.91 Å². The van der Waals surface area contributed by atoms with Crippen LogP contribution in [-0.2, 0) is 9.53 Å². The Labute approximate surface area is 163 Å². The molecule has 150 valence electrons. The van der Waals surface area contributed by atoms with Crippen molar-refractivity contribution in [1.29, 1.82) is 0 Å². The molecule has 1 aliphatic heterocycles. The fraction of sp³-hybridized carbons (Fsp3) is 0.556. The zero-order valence-corrected chi connectivity index (χ0v) is 16.3. The van der Waals surface area contributed by atoms with E-state index in [0.717, 1.165) is 0 Å². The zero-order chi connectivity index (χ0) is 19.8. The average Bonchev–Trinajstić information content (AvgIpc) is 2.62. The van der Waals surface area contributed by atoms with Crippen molar-refractivity contribution in [1.82, 2.24) is 20.9 Å². The van der Waals surface area contributed by atoms with Gasteiger partial charge >= 0.3 is 6.03 Å². The first-order chi connectivity index (χ1) is 12.9. The first kappa shape index (κ1) is 21.4. The molecule has 9 heteroatoms. The summed E-state index contributed by atoms with van der Waals surface area (Å²) < 4.78 is 20.0. The van der Waals surface area contributed by atoms with Crippen molar-refractivity contribution < 1.29 is 18.7 Å². The van der Waals surface area contributed by atoms with Crippen LogP contribution in [0.4, 0.5) is 9.18 Å². The van der Waals surface area contributed by atoms with Crippen LogP contribution in [0.25, 0.3) is 0 Å². The van der Waals surface area contributed by atoms with Crippen LogP contribution in [0.5, 0.6) is 0 Å². The largest absolute Gasteiger partial charge is 0.376 e. The van der Waals surface area contributed by atoms with Crippen molar-refractivity contribution >= 4 is 23.5 Å². The number of rotatable bonds is 7. The highest BCUT2D eigenvalue weighted by Gasteiger charge is 2.29. The number of urea groups is 1. The third kappa shape index (κ3) is 6.34. The van der Waals surface area contributed by atoms with Gasteiger partial charge in [-0.15, -0.1) is 0 Å². The van der Waals surface area contributed by atoms with Crippen LogP contribution in [-0.4, -0.2) is 62.3 Å². The Hall–Kier alpha value is -1.90. The highest BCUT2D eigenvalue weighted by atomic mass is 35.5. The molecule has 0 aliphatic carbocycles. The van der Waals surface area contributed by atoms with Crippen molar-refractivity contribution in [2.75, 3.05) is 39.3 Å². The van der Waals surface area contributed by atoms with E-state index in [1.54, 1.807) is 19.1 Å². The Morgan fingerprint density at radius 3 is 2.81 bits per heavy atom. The van der Waals surface area contributed by atoms with E-state index in [0.29, 0.717) is 36.8 Å². The molecule has 1 saturated heterocycles. The maximum Gasteiger partial charge on any atom is 0.315 e. The fourth-order valence-corrected chi connectivity index (χ4v) is 3.33. The number of carbonyl (C=O) groups excluding carboxylic acids is 2. The predicted octanol–water partition coefficient (Wildman–Crippen LogP) is 1.68. The first-order valence-electron chi connectivity index (χ1n) is 9.00. The molecule has 1 aliphatic rings. The molecular formula is C18H26ClFN4O3. The first-order valence-corrected chi connectivity index (χ1v) is 9.38. The number of morpholine rings is 1. The Kier molecular flexibility index (Phi) is 8.27. The van der Waals surface area contributed by atoms with Crippen molar-refractivity contribution in [3.63, 3.8) is 0 Å². The summed E-state index contributed by atoms with van der Waals surface area (Å²) in [7, 11) is 0. The van der Waals surface area contributed by atoms with Gasteiger partial charge in [0.1, 0.15) is 5.82 Å². The number of nitrogens with zero attached hydrogens (tertiary/aromatic N) is 1. The molecular weight excluding hydrogens is 375 g/mol. The summed E-state index contributed by atoms with van der Waals surface area (Å²) in [5.41, 5.74) is 0.345. The van der Waals surface area contributed by atoms with Gasteiger partial charge in [0.25, 0.3) is 0 Å². The van der Waals surface area contributed by atoms with Gasteiger partial charge in [-0.1, -0.05) is 17.7 Å². The highest BCUT2D eigenvalue weighted by molar-refractivity contribution is 6.31. The van der Waals surface area contributed by atoms with Gasteiger partial charge in [0.15, 0.2) is 0 Å². The lowest BCUT2D eigenvalue weighted by atomic mass is 10.0. The van der Waals surface area contributed by atoms with Gasteiger partial charge in [0, 0.05) is 36.8 Å². The van der Waals surface area contributed by atoms with Gasteiger partial charge in [-0.25, -0.2) is 9.18 Å². The molecule has 0 saturated carbocycles. The Morgan fingerprint density at radius 1 is 1.37 bits per heavy atom. The van der Waals surface area contributed by atoms with E-state index >= 15 is 0 Å². The number of carbonyl (C=O) groups is 2. The molecule has 0 aromatic heterocycles. The molecule has 0 bridgehead atoms. The standard InChI is InChI=1S/C18H26ClFN4O3/c1-3-21-16(25)10-23-18(26)22-9-15(24-7-8-27-12(2)11-24)17-13(19)5-4-6-14(17)20/h4-6,12,15H,3,7-11H2,1-2H3,(H,21,25)(H2,22,23,26)/t12-,15-/m1/s1. The molecule has 27 heavy (non-hydrogen) atoms. The minimum absolute atomic E-state index is 0.00151. The molecule has 2 rings (SSSR count). The lowest BCUT2D eigenvalue weighted by Gasteiger charge is -2.38. The lowest BCUT2D eigenvalue weighted by molar-refractivity contribution is -0.119. The maximum atomic E-state index is 14.5. The molecule has 1 fully saturated rings. The topological polar surface area (TPSA) is 82.7 Å². The number of likely N-dealkylation sites (N-methyl/N-ethyl adjacent to an activating group) is 1. The molecule has 7 nitrogen and oxygen atoms in total. The van der Waals surface area contributed by atoms with E-state index < -0.39 is 17.9 Å². The number of benzene rings is 1. The second-order valence-corrected chi connectivity index (χ2v) is 6.75. The van der Waals surface area contributed by atoms with Crippen LogP contribution in [0, 0.1) is 5.82 Å². The molecule has 3 N–H and O–H groups in total. The number of halogens is 2. The van der Waals surface area contributed by atoms with Crippen LogP contribution < -0.4 is 16.0 Å². The summed E-state index contributed by atoms with van der Waals surface area (Å²) in [5.74, 6) is -0.695. The van der Waals surface area contributed by atoms with E-state index in [-0.39, 0.29) is 25.1 Å². The molecule has 1 aromatic carbocycles. The summed E-state index contributed by atoms with van der Waals surface area (Å²) in [6.07, 6.45) is -0.00151. The Morgan fingerprint density at radius 2 is 2.15 bits per heavy atom. The third-order valence-corrected chi connectivity index (χ3v) is 4.62. The number of hydrogen-bond donors (Lipinski definition) is 3. The van der Waals surface area contributed by atoms with Crippen LogP contribution in [0.2, 0.25) is 5.02 Å². The van der Waals surface area contributed by atoms with Gasteiger partial charge in [-0.3, -0.25) is 9.69 Å². The van der Waals surface area contributed by atoms with E-state index in [1.165, 1.54) is 6.07 Å². The summed E-state index contributed by atoms with van der Waals surface area (Å²) in [4.78, 5) is 25.5. The lowest BCUT2D eigenvalue weighted by Crippen LogP contribution is -2.49. The monoisotopic (exact) mass is 400 g/mol. The summed E-state index contributed by atoms with van der Waals surface area (Å²) in [6, 6.07) is 3.59. The minimum Gasteiger partial charge on any atom is -0.376 e. The van der Waals surface area contributed by atoms with E-state index in [2.05, 4.69) is 16.0 Å². The van der Waals surface area contributed by atoms with Crippen LogP contribution in [0.1, 0.15) is 25.5 Å². The molecule has 0 unspecified atom stereocenters. The molecule has 0 radical (unpaired) electrons. The van der Waals surface area contributed by atoms with Crippen LogP contribution >= 0.6 is 11.6 Å². The quantitative estimate of drug-likeness (QED) is 0.650. The number of ether oxygens (including phenoxy) is 1. The van der Waals surface area contributed by atoms with Crippen molar-refractivity contribution in [3.8, 4) is 0 Å². The van der Waals surface area contributed by atoms with E-state index in [1.807, 2.05) is 11.8 Å². The van der Waals surface area contributed by atoms with Crippen molar-refractivity contribution in [2.45, 2.75) is 26.0 Å². The van der Waals surface area contributed by atoms with E-state index in [4.69, 9.17) is 16.3 Å². The Balaban J connectivity index is 2.07. The maximum absolute atomic E-state index is 14.5. The fourth-order valence-electron chi connectivity index (χ4n) is 3.04. The SMILES string of the molecule is CCNC(=O)CNC(=O)NC[C@H](c1c(F)cccc1Cl)N1CCO[C@H](C)C1. The zero-order valence-electron chi connectivity index (χ0n) is 15.6. The highest BCUT2D eigenvalue weighted by Crippen LogP contribution is 2.30. The third-order valence-electron chi connectivity index (χ3n) is 4.29.